The number of rotatable bonds is 13. The molecule has 0 aromatic heterocycles. The Morgan fingerprint density at radius 1 is 0.662 bits per heavy atom. The second kappa shape index (κ2) is 18.7. The number of carboxylic acids is 3. The van der Waals surface area contributed by atoms with E-state index >= 15 is 0 Å². The Kier molecular flexibility index (Phi) is 12.4. The standard InChI is InChI=1S/C52H40N4O12/c1-53-29-10-15-34-42(23-29)67-43-24-30(56(2)3)11-16-35(43)46(34)32-13-8-27(21-38(32)51(63)64)49(60)54-20-6-4-5-7-45(59)55-26-40-41(58)19-18-37-47(36-17-12-31(57)25-44(36)68-48(37)40)33-14-9-28(50(61)62)22-39(33)52(65)66/h4-19,21-25,58H,20,26H2,1-3H3,(H,54,60)(H,55,59)(H,61,62)(H,63,64)(H,65,66)/b6-4+,7-5+,53-29?. The van der Waals surface area contributed by atoms with E-state index in [0.717, 1.165) is 11.8 Å². The molecular formula is C52H40N4O12. The molecule has 0 saturated heterocycles. The number of nitrogens with zero attached hydrogens (tertiary/aromatic N) is 2. The number of phenolic OH excluding ortho intramolecular Hbond substituents is 1. The summed E-state index contributed by atoms with van der Waals surface area (Å²) in [7, 11) is 5.47. The largest absolute Gasteiger partial charge is 0.507 e. The number of aromatic carboxylic acids is 3. The van der Waals surface area contributed by atoms with Crippen LogP contribution in [0.2, 0.25) is 0 Å². The number of hydrogen-bond donors (Lipinski definition) is 6. The first-order valence-corrected chi connectivity index (χ1v) is 20.8. The molecule has 0 atom stereocenters. The summed E-state index contributed by atoms with van der Waals surface area (Å²) in [4.78, 5) is 81.7. The van der Waals surface area contributed by atoms with E-state index in [-0.39, 0.29) is 63.6 Å². The first-order chi connectivity index (χ1) is 32.6. The van der Waals surface area contributed by atoms with Gasteiger partial charge in [-0.15, -0.1) is 0 Å². The van der Waals surface area contributed by atoms with Crippen LogP contribution < -0.4 is 26.3 Å². The van der Waals surface area contributed by atoms with E-state index in [0.29, 0.717) is 55.3 Å². The van der Waals surface area contributed by atoms with E-state index in [1.54, 1.807) is 31.3 Å². The van der Waals surface area contributed by atoms with Crippen molar-refractivity contribution in [3.8, 4) is 50.7 Å². The van der Waals surface area contributed by atoms with Crippen LogP contribution in [0.3, 0.4) is 0 Å². The summed E-state index contributed by atoms with van der Waals surface area (Å²) in [6.07, 6.45) is 5.70. The predicted molar refractivity (Wildman–Crippen MR) is 254 cm³/mol. The molecule has 4 aromatic carbocycles. The maximum absolute atomic E-state index is 13.3. The molecule has 0 unspecified atom stereocenters. The molecule has 2 amide bonds. The molecule has 0 fully saturated rings. The first kappa shape index (κ1) is 45.3. The lowest BCUT2D eigenvalue weighted by molar-refractivity contribution is -0.116. The van der Waals surface area contributed by atoms with E-state index in [1.165, 1.54) is 66.8 Å². The minimum atomic E-state index is -1.40. The molecule has 2 aliphatic carbocycles. The molecule has 0 saturated carbocycles. The molecule has 4 aliphatic rings. The van der Waals surface area contributed by atoms with Crippen molar-refractivity contribution in [1.29, 1.82) is 0 Å². The van der Waals surface area contributed by atoms with Crippen LogP contribution >= 0.6 is 0 Å². The van der Waals surface area contributed by atoms with E-state index in [2.05, 4.69) is 15.6 Å². The van der Waals surface area contributed by atoms with Crippen LogP contribution in [0.5, 0.6) is 5.75 Å². The Morgan fingerprint density at radius 2 is 1.29 bits per heavy atom. The fraction of sp³-hybridized carbons (Fsp3) is 0.0962. The van der Waals surface area contributed by atoms with Gasteiger partial charge in [0.25, 0.3) is 5.91 Å². The molecule has 0 bridgehead atoms. The topological polar surface area (TPSA) is 249 Å². The van der Waals surface area contributed by atoms with Crippen LogP contribution in [0, 0.1) is 0 Å². The first-order valence-electron chi connectivity index (χ1n) is 20.8. The molecule has 0 spiro atoms. The highest BCUT2D eigenvalue weighted by Gasteiger charge is 2.26. The minimum Gasteiger partial charge on any atom is -0.507 e. The zero-order valence-electron chi connectivity index (χ0n) is 36.5. The fourth-order valence-electron chi connectivity index (χ4n) is 7.95. The Morgan fingerprint density at radius 3 is 1.97 bits per heavy atom. The van der Waals surface area contributed by atoms with E-state index in [9.17, 15) is 49.2 Å². The monoisotopic (exact) mass is 912 g/mol. The van der Waals surface area contributed by atoms with Gasteiger partial charge in [0.1, 0.15) is 28.4 Å². The molecule has 68 heavy (non-hydrogen) atoms. The quantitative estimate of drug-likeness (QED) is 0.0370. The highest BCUT2D eigenvalue weighted by Crippen LogP contribution is 2.45. The Labute approximate surface area is 385 Å². The van der Waals surface area contributed by atoms with Gasteiger partial charge in [0, 0.05) is 96.2 Å². The summed E-state index contributed by atoms with van der Waals surface area (Å²) < 4.78 is 12.4. The van der Waals surface area contributed by atoms with Crippen molar-refractivity contribution in [2.45, 2.75) is 6.54 Å². The predicted octanol–water partition coefficient (Wildman–Crippen LogP) is 7.64. The number of amides is 2. The van der Waals surface area contributed by atoms with Gasteiger partial charge in [-0.2, -0.15) is 0 Å². The number of hydrogen-bond acceptors (Lipinski definition) is 11. The maximum Gasteiger partial charge on any atom is 0.336 e. The van der Waals surface area contributed by atoms with Crippen molar-refractivity contribution < 1.29 is 53.2 Å². The fourth-order valence-corrected chi connectivity index (χ4v) is 7.95. The molecule has 2 heterocycles. The molecule has 8 rings (SSSR count). The lowest BCUT2D eigenvalue weighted by Crippen LogP contribution is -2.23. The number of carbonyl (C=O) groups excluding carboxylic acids is 2. The Balaban J connectivity index is 0.982. The zero-order valence-corrected chi connectivity index (χ0v) is 36.5. The lowest BCUT2D eigenvalue weighted by Gasteiger charge is -2.19. The average Bonchev–Trinajstić information content (AvgIpc) is 3.32. The van der Waals surface area contributed by atoms with Crippen molar-refractivity contribution in [3.63, 3.8) is 0 Å². The van der Waals surface area contributed by atoms with Gasteiger partial charge in [-0.25, -0.2) is 14.4 Å². The van der Waals surface area contributed by atoms with Gasteiger partial charge >= 0.3 is 17.9 Å². The normalized spacial score (nSPS) is 11.8. The molecule has 16 heteroatoms. The number of benzene rings is 6. The van der Waals surface area contributed by atoms with Gasteiger partial charge < -0.3 is 44.8 Å². The minimum absolute atomic E-state index is 0.0266. The van der Waals surface area contributed by atoms with Crippen molar-refractivity contribution in [3.05, 3.63) is 171 Å². The third-order valence-electron chi connectivity index (χ3n) is 11.3. The molecule has 4 aromatic rings. The SMILES string of the molecule is CN=c1ccc2c(-c3ccc(C(=O)NC/C=C/C=C/C(=O)NCc4c(O)ccc5c(-c6ccc(C(=O)O)cc6C(=O)O)c6ccc(=O)cc-6oc45)cc3C(=O)O)c3ccc(N(C)C)cc3oc-2c1. The van der Waals surface area contributed by atoms with Crippen LogP contribution in [0.1, 0.15) is 47.0 Å². The van der Waals surface area contributed by atoms with Gasteiger partial charge in [-0.1, -0.05) is 30.4 Å². The number of phenols is 1. The third-order valence-corrected chi connectivity index (χ3v) is 11.3. The summed E-state index contributed by atoms with van der Waals surface area (Å²) in [5.74, 6) is -4.77. The van der Waals surface area contributed by atoms with Crippen molar-refractivity contribution in [1.82, 2.24) is 10.6 Å². The summed E-state index contributed by atoms with van der Waals surface area (Å²) in [6.45, 7) is -0.239. The summed E-state index contributed by atoms with van der Waals surface area (Å²) in [6, 6.07) is 26.0. The Bertz CT molecular complexity index is 3530. The summed E-state index contributed by atoms with van der Waals surface area (Å²) in [5.41, 5.74) is 3.08. The van der Waals surface area contributed by atoms with Crippen LogP contribution in [0.25, 0.3) is 66.8 Å². The van der Waals surface area contributed by atoms with Gasteiger partial charge in [-0.05, 0) is 83.9 Å². The maximum atomic E-state index is 13.3. The van der Waals surface area contributed by atoms with Gasteiger partial charge in [0.2, 0.25) is 5.91 Å². The molecule has 2 aliphatic heterocycles. The highest BCUT2D eigenvalue weighted by molar-refractivity contribution is 6.11. The van der Waals surface area contributed by atoms with E-state index in [4.69, 9.17) is 8.83 Å². The zero-order chi connectivity index (χ0) is 48.4. The average molecular weight is 913 g/mol. The third kappa shape index (κ3) is 8.88. The second-order valence-electron chi connectivity index (χ2n) is 15.7. The van der Waals surface area contributed by atoms with E-state index < -0.39 is 35.2 Å². The number of allylic oxidation sites excluding steroid dienone is 2. The van der Waals surface area contributed by atoms with Crippen LogP contribution in [0.4, 0.5) is 5.69 Å². The smallest absolute Gasteiger partial charge is 0.336 e. The lowest BCUT2D eigenvalue weighted by atomic mass is 9.89. The van der Waals surface area contributed by atoms with Gasteiger partial charge in [-0.3, -0.25) is 19.4 Å². The summed E-state index contributed by atoms with van der Waals surface area (Å²) in [5, 5.41) is 48.0. The van der Waals surface area contributed by atoms with Crippen molar-refractivity contribution in [2.24, 2.45) is 4.99 Å². The molecule has 16 nitrogen and oxygen atoms in total. The van der Waals surface area contributed by atoms with Crippen LogP contribution in [-0.2, 0) is 11.3 Å². The van der Waals surface area contributed by atoms with Crippen molar-refractivity contribution in [2.75, 3.05) is 32.6 Å². The van der Waals surface area contributed by atoms with Crippen molar-refractivity contribution >= 4 is 57.3 Å². The van der Waals surface area contributed by atoms with Gasteiger partial charge in [0.05, 0.1) is 34.2 Å². The molecule has 6 N–H and O–H groups in total. The number of anilines is 1. The Hall–Kier alpha value is -9.31. The molecule has 340 valence electrons. The van der Waals surface area contributed by atoms with E-state index in [1.807, 2.05) is 49.3 Å². The van der Waals surface area contributed by atoms with Crippen LogP contribution in [0.15, 0.2) is 146 Å². The van der Waals surface area contributed by atoms with Gasteiger partial charge in [0.15, 0.2) is 5.43 Å². The molecule has 0 radical (unpaired) electrons. The number of fused-ring (bicyclic) bond motifs is 4. The van der Waals surface area contributed by atoms with Crippen LogP contribution in [-0.4, -0.2) is 77.8 Å². The number of nitrogens with one attached hydrogen (secondary N) is 2. The second-order valence-corrected chi connectivity index (χ2v) is 15.7. The summed E-state index contributed by atoms with van der Waals surface area (Å²) >= 11 is 0. The highest BCUT2D eigenvalue weighted by atomic mass is 16.4. The molecular weight excluding hydrogens is 873 g/mol. The number of carboxylic acid groups (broad SMARTS) is 3. The number of carbonyl (C=O) groups is 5. The number of aromatic hydroxyl groups is 1.